The quantitative estimate of drug-likeness (QED) is 0.464. The zero-order valence-corrected chi connectivity index (χ0v) is 18.2. The number of nitriles is 1. The van der Waals surface area contributed by atoms with Gasteiger partial charge < -0.3 is 19.1 Å². The van der Waals surface area contributed by atoms with Crippen LogP contribution in [0.4, 0.5) is 11.6 Å². The highest BCUT2D eigenvalue weighted by Gasteiger charge is 2.29. The van der Waals surface area contributed by atoms with E-state index in [0.29, 0.717) is 48.3 Å². The van der Waals surface area contributed by atoms with Crippen LogP contribution in [-0.2, 0) is 4.79 Å². The van der Waals surface area contributed by atoms with E-state index in [4.69, 9.17) is 20.4 Å². The van der Waals surface area contributed by atoms with Crippen molar-refractivity contribution >= 4 is 29.1 Å². The van der Waals surface area contributed by atoms with Gasteiger partial charge in [0.05, 0.1) is 17.6 Å². The molecule has 10 heteroatoms. The van der Waals surface area contributed by atoms with Crippen LogP contribution in [0, 0.1) is 17.2 Å². The second-order valence-electron chi connectivity index (χ2n) is 7.62. The third-order valence-electron chi connectivity index (χ3n) is 5.57. The first-order valence-electron chi connectivity index (χ1n) is 10.4. The van der Waals surface area contributed by atoms with E-state index < -0.39 is 0 Å². The van der Waals surface area contributed by atoms with E-state index >= 15 is 0 Å². The van der Waals surface area contributed by atoms with E-state index in [1.807, 2.05) is 17.0 Å². The van der Waals surface area contributed by atoms with Crippen molar-refractivity contribution in [3.8, 4) is 23.4 Å². The first kappa shape index (κ1) is 20.8. The molecule has 166 valence electrons. The second-order valence-corrected chi connectivity index (χ2v) is 8.06. The summed E-state index contributed by atoms with van der Waals surface area (Å²) in [6, 6.07) is 12.6. The van der Waals surface area contributed by atoms with Gasteiger partial charge in [-0.3, -0.25) is 4.79 Å². The van der Waals surface area contributed by atoms with Crippen molar-refractivity contribution in [2.45, 2.75) is 12.8 Å². The number of oxazole rings is 1. The van der Waals surface area contributed by atoms with Gasteiger partial charge in [0.25, 0.3) is 5.89 Å². The standard InChI is InChI=1S/C23H19ClN6O3/c24-16-4-5-19(30-9-2-8-26-30)17(13-16)27-21(31)15-6-10-29(11-7-15)23-18(14-25)28-22(33-23)20-3-1-12-32-20/h1-5,8-9,12-13,15H,6-7,10-11H2,(H,27,31). The van der Waals surface area contributed by atoms with Crippen LogP contribution in [0.5, 0.6) is 0 Å². The molecule has 0 unspecified atom stereocenters. The monoisotopic (exact) mass is 462 g/mol. The number of hydrogen-bond acceptors (Lipinski definition) is 7. The van der Waals surface area contributed by atoms with Gasteiger partial charge in [-0.25, -0.2) is 4.68 Å². The Labute approximate surface area is 194 Å². The first-order valence-corrected chi connectivity index (χ1v) is 10.8. The normalized spacial score (nSPS) is 14.2. The van der Waals surface area contributed by atoms with Crippen LogP contribution in [0.1, 0.15) is 18.5 Å². The molecule has 1 aliphatic heterocycles. The maximum absolute atomic E-state index is 13.0. The molecule has 33 heavy (non-hydrogen) atoms. The Kier molecular flexibility index (Phi) is 5.59. The van der Waals surface area contributed by atoms with Crippen molar-refractivity contribution in [1.82, 2.24) is 14.8 Å². The van der Waals surface area contributed by atoms with Crippen LogP contribution < -0.4 is 10.2 Å². The summed E-state index contributed by atoms with van der Waals surface area (Å²) >= 11 is 6.16. The average molecular weight is 463 g/mol. The number of carbonyl (C=O) groups excluding carboxylic acids is 1. The van der Waals surface area contributed by atoms with Gasteiger partial charge in [0.2, 0.25) is 17.5 Å². The van der Waals surface area contributed by atoms with E-state index in [0.717, 1.165) is 5.69 Å². The Morgan fingerprint density at radius 2 is 2.09 bits per heavy atom. The van der Waals surface area contributed by atoms with Crippen molar-refractivity contribution in [1.29, 1.82) is 5.26 Å². The fourth-order valence-corrected chi connectivity index (χ4v) is 4.08. The predicted molar refractivity (Wildman–Crippen MR) is 121 cm³/mol. The van der Waals surface area contributed by atoms with E-state index in [1.54, 1.807) is 41.3 Å². The summed E-state index contributed by atoms with van der Waals surface area (Å²) in [7, 11) is 0. The summed E-state index contributed by atoms with van der Waals surface area (Å²) < 4.78 is 12.8. The second kappa shape index (κ2) is 8.84. The molecule has 0 bridgehead atoms. The molecule has 9 nitrogen and oxygen atoms in total. The molecule has 1 aromatic carbocycles. The summed E-state index contributed by atoms with van der Waals surface area (Å²) in [6.07, 6.45) is 6.20. The average Bonchev–Trinajstić information content (AvgIpc) is 3.61. The highest BCUT2D eigenvalue weighted by atomic mass is 35.5. The molecular formula is C23H19ClN6O3. The SMILES string of the molecule is N#Cc1nc(-c2ccco2)oc1N1CCC(C(=O)Nc2cc(Cl)ccc2-n2cccn2)CC1. The number of nitrogens with zero attached hydrogens (tertiary/aromatic N) is 5. The third kappa shape index (κ3) is 4.21. The van der Waals surface area contributed by atoms with Gasteiger partial charge in [-0.05, 0) is 49.2 Å². The van der Waals surface area contributed by atoms with Crippen LogP contribution in [0.15, 0.2) is 63.9 Å². The van der Waals surface area contributed by atoms with Gasteiger partial charge in [0, 0.05) is 36.4 Å². The van der Waals surface area contributed by atoms with Crippen LogP contribution in [-0.4, -0.2) is 33.8 Å². The number of hydrogen-bond donors (Lipinski definition) is 1. The molecule has 1 amide bonds. The minimum absolute atomic E-state index is 0.0836. The molecule has 0 saturated carbocycles. The van der Waals surface area contributed by atoms with Gasteiger partial charge in [0.1, 0.15) is 6.07 Å². The van der Waals surface area contributed by atoms with E-state index in [1.165, 1.54) is 6.26 Å². The van der Waals surface area contributed by atoms with Gasteiger partial charge in [-0.2, -0.15) is 15.3 Å². The number of benzene rings is 1. The Morgan fingerprint density at radius 1 is 1.24 bits per heavy atom. The number of piperidine rings is 1. The molecule has 0 atom stereocenters. The van der Waals surface area contributed by atoms with E-state index in [9.17, 15) is 10.1 Å². The topological polar surface area (TPSA) is 113 Å². The van der Waals surface area contributed by atoms with Gasteiger partial charge >= 0.3 is 0 Å². The summed E-state index contributed by atoms with van der Waals surface area (Å²) in [5.74, 6) is 0.849. The molecule has 4 aromatic rings. The number of carbonyl (C=O) groups is 1. The smallest absolute Gasteiger partial charge is 0.266 e. The first-order chi connectivity index (χ1) is 16.1. The lowest BCUT2D eigenvalue weighted by Crippen LogP contribution is -2.38. The van der Waals surface area contributed by atoms with Crippen molar-refractivity contribution in [2.24, 2.45) is 5.92 Å². The van der Waals surface area contributed by atoms with Crippen LogP contribution in [0.25, 0.3) is 17.3 Å². The Hall–Kier alpha value is -4.03. The van der Waals surface area contributed by atoms with Crippen molar-refractivity contribution in [3.63, 3.8) is 0 Å². The lowest BCUT2D eigenvalue weighted by molar-refractivity contribution is -0.120. The van der Waals surface area contributed by atoms with Crippen LogP contribution in [0.2, 0.25) is 5.02 Å². The minimum atomic E-state index is -0.191. The number of nitrogens with one attached hydrogen (secondary N) is 1. The van der Waals surface area contributed by atoms with Crippen molar-refractivity contribution in [3.05, 3.63) is 65.8 Å². The summed E-state index contributed by atoms with van der Waals surface area (Å²) in [4.78, 5) is 19.2. The van der Waals surface area contributed by atoms with Crippen LogP contribution in [0.3, 0.4) is 0 Å². The summed E-state index contributed by atoms with van der Waals surface area (Å²) in [5, 5.41) is 17.3. The van der Waals surface area contributed by atoms with Crippen LogP contribution >= 0.6 is 11.6 Å². The van der Waals surface area contributed by atoms with Crippen molar-refractivity contribution < 1.29 is 13.6 Å². The molecule has 5 rings (SSSR count). The minimum Gasteiger partial charge on any atom is -0.459 e. The Balaban J connectivity index is 1.28. The number of anilines is 2. The lowest BCUT2D eigenvalue weighted by Gasteiger charge is -2.31. The highest BCUT2D eigenvalue weighted by molar-refractivity contribution is 6.31. The number of amides is 1. The zero-order valence-electron chi connectivity index (χ0n) is 17.4. The fraction of sp³-hybridized carbons (Fsp3) is 0.217. The van der Waals surface area contributed by atoms with E-state index in [-0.39, 0.29) is 23.4 Å². The fourth-order valence-electron chi connectivity index (χ4n) is 3.90. The number of aromatic nitrogens is 3. The third-order valence-corrected chi connectivity index (χ3v) is 5.80. The molecule has 4 heterocycles. The highest BCUT2D eigenvalue weighted by Crippen LogP contribution is 2.32. The molecule has 1 saturated heterocycles. The molecule has 0 aliphatic carbocycles. The molecule has 1 aliphatic rings. The Morgan fingerprint density at radius 3 is 2.79 bits per heavy atom. The van der Waals surface area contributed by atoms with Gasteiger partial charge in [-0.15, -0.1) is 0 Å². The van der Waals surface area contributed by atoms with Gasteiger partial charge in [0.15, 0.2) is 5.76 Å². The molecule has 3 aromatic heterocycles. The summed E-state index contributed by atoms with van der Waals surface area (Å²) in [5.41, 5.74) is 1.54. The van der Waals surface area contributed by atoms with E-state index in [2.05, 4.69) is 21.5 Å². The van der Waals surface area contributed by atoms with Gasteiger partial charge in [-0.1, -0.05) is 11.6 Å². The number of furan rings is 1. The molecule has 0 spiro atoms. The summed E-state index contributed by atoms with van der Waals surface area (Å²) in [6.45, 7) is 1.11. The molecular weight excluding hydrogens is 444 g/mol. The number of halogens is 1. The Bertz CT molecular complexity index is 1300. The molecule has 1 fully saturated rings. The predicted octanol–water partition coefficient (Wildman–Crippen LogP) is 4.50. The molecule has 0 radical (unpaired) electrons. The zero-order chi connectivity index (χ0) is 22.8. The molecule has 1 N–H and O–H groups in total. The largest absolute Gasteiger partial charge is 0.459 e. The maximum atomic E-state index is 13.0. The lowest BCUT2D eigenvalue weighted by atomic mass is 9.95. The maximum Gasteiger partial charge on any atom is 0.266 e. The number of rotatable bonds is 5. The van der Waals surface area contributed by atoms with Crippen molar-refractivity contribution in [2.75, 3.05) is 23.3 Å².